The predicted molar refractivity (Wildman–Crippen MR) is 76.2 cm³/mol. The first-order chi connectivity index (χ1) is 9.31. The highest BCUT2D eigenvalue weighted by Gasteiger charge is 2.37. The Morgan fingerprint density at radius 2 is 2.05 bits per heavy atom. The van der Waals surface area contributed by atoms with Gasteiger partial charge in [0, 0.05) is 31.5 Å². The number of aromatic nitrogens is 2. The van der Waals surface area contributed by atoms with Crippen molar-refractivity contribution < 1.29 is 0 Å². The minimum Gasteiger partial charge on any atom is -0.357 e. The van der Waals surface area contributed by atoms with Crippen molar-refractivity contribution in [2.24, 2.45) is 17.6 Å². The largest absolute Gasteiger partial charge is 0.357 e. The van der Waals surface area contributed by atoms with Crippen LogP contribution in [0.2, 0.25) is 0 Å². The van der Waals surface area contributed by atoms with E-state index < -0.39 is 0 Å². The van der Waals surface area contributed by atoms with Crippen LogP contribution in [0.5, 0.6) is 0 Å². The molecule has 4 heteroatoms. The molecule has 100 valence electrons. The third-order valence-corrected chi connectivity index (χ3v) is 4.82. The van der Waals surface area contributed by atoms with E-state index in [0.29, 0.717) is 6.04 Å². The van der Waals surface area contributed by atoms with E-state index in [9.17, 15) is 0 Å². The quantitative estimate of drug-likeness (QED) is 0.847. The first-order valence-corrected chi connectivity index (χ1v) is 7.24. The summed E-state index contributed by atoms with van der Waals surface area (Å²) in [5, 5.41) is 0. The molecule has 4 nitrogen and oxygen atoms in total. The molecule has 2 fully saturated rings. The van der Waals surface area contributed by atoms with E-state index in [1.165, 1.54) is 31.6 Å². The second-order valence-corrected chi connectivity index (χ2v) is 6.04. The Morgan fingerprint density at radius 1 is 1.16 bits per heavy atom. The van der Waals surface area contributed by atoms with Gasteiger partial charge in [-0.2, -0.15) is 0 Å². The maximum atomic E-state index is 6.12. The van der Waals surface area contributed by atoms with Crippen molar-refractivity contribution >= 4 is 11.5 Å². The monoisotopic (exact) mass is 256 g/mol. The first-order valence-electron chi connectivity index (χ1n) is 7.24. The van der Waals surface area contributed by atoms with Crippen molar-refractivity contribution in [1.29, 1.82) is 0 Å². The van der Waals surface area contributed by atoms with Crippen LogP contribution in [0, 0.1) is 11.8 Å². The minimum absolute atomic E-state index is 0.422. The summed E-state index contributed by atoms with van der Waals surface area (Å²) in [4.78, 5) is 6.89. The lowest BCUT2D eigenvalue weighted by atomic mass is 9.79. The van der Waals surface area contributed by atoms with Gasteiger partial charge in [0.05, 0.1) is 0 Å². The lowest BCUT2D eigenvalue weighted by Gasteiger charge is -2.27. The molecule has 0 amide bonds. The Labute approximate surface area is 113 Å². The molecule has 2 aromatic heterocycles. The average molecular weight is 256 g/mol. The molecular weight excluding hydrogens is 236 g/mol. The summed E-state index contributed by atoms with van der Waals surface area (Å²) in [5.41, 5.74) is 7.15. The van der Waals surface area contributed by atoms with Gasteiger partial charge in [0.1, 0.15) is 11.5 Å². The van der Waals surface area contributed by atoms with E-state index in [4.69, 9.17) is 5.73 Å². The van der Waals surface area contributed by atoms with Gasteiger partial charge in [-0.25, -0.2) is 4.98 Å². The van der Waals surface area contributed by atoms with Crippen LogP contribution >= 0.6 is 0 Å². The van der Waals surface area contributed by atoms with Crippen LogP contribution in [0.25, 0.3) is 5.65 Å². The fourth-order valence-electron chi connectivity index (χ4n) is 3.85. The van der Waals surface area contributed by atoms with E-state index in [0.717, 1.165) is 24.0 Å². The van der Waals surface area contributed by atoms with Gasteiger partial charge < -0.3 is 10.6 Å². The molecule has 1 saturated heterocycles. The zero-order chi connectivity index (χ0) is 12.8. The molecule has 1 aliphatic carbocycles. The summed E-state index contributed by atoms with van der Waals surface area (Å²) in [6.45, 7) is 2.32. The summed E-state index contributed by atoms with van der Waals surface area (Å²) >= 11 is 0. The molecule has 0 radical (unpaired) electrons. The van der Waals surface area contributed by atoms with Crippen LogP contribution in [0.15, 0.2) is 30.6 Å². The number of hydrogen-bond acceptors (Lipinski definition) is 3. The van der Waals surface area contributed by atoms with E-state index in [-0.39, 0.29) is 0 Å². The third kappa shape index (κ3) is 1.82. The summed E-state index contributed by atoms with van der Waals surface area (Å²) in [5.74, 6) is 2.89. The van der Waals surface area contributed by atoms with Gasteiger partial charge in [-0.15, -0.1) is 0 Å². The zero-order valence-corrected chi connectivity index (χ0v) is 11.1. The number of imidazole rings is 1. The SMILES string of the molecule is NC1CC[C@@H]2CN(c3cccc4nccn34)C[C@@H]2C1. The third-order valence-electron chi connectivity index (χ3n) is 4.82. The molecule has 4 rings (SSSR count). The molecule has 0 spiro atoms. The van der Waals surface area contributed by atoms with E-state index in [2.05, 4.69) is 38.7 Å². The molecule has 0 aromatic carbocycles. The van der Waals surface area contributed by atoms with Crippen molar-refractivity contribution in [2.45, 2.75) is 25.3 Å². The Balaban J connectivity index is 1.65. The van der Waals surface area contributed by atoms with Gasteiger partial charge in [-0.1, -0.05) is 6.07 Å². The topological polar surface area (TPSA) is 46.6 Å². The summed E-state index contributed by atoms with van der Waals surface area (Å²) in [6.07, 6.45) is 7.61. The summed E-state index contributed by atoms with van der Waals surface area (Å²) < 4.78 is 2.19. The second-order valence-electron chi connectivity index (χ2n) is 6.04. The van der Waals surface area contributed by atoms with Crippen LogP contribution in [0.1, 0.15) is 19.3 Å². The number of rotatable bonds is 1. The van der Waals surface area contributed by atoms with Gasteiger partial charge in [-0.05, 0) is 43.2 Å². The van der Waals surface area contributed by atoms with Crippen LogP contribution in [-0.4, -0.2) is 28.5 Å². The average Bonchev–Trinajstić information content (AvgIpc) is 3.03. The van der Waals surface area contributed by atoms with Crippen molar-refractivity contribution in [3.63, 3.8) is 0 Å². The van der Waals surface area contributed by atoms with Crippen molar-refractivity contribution in [2.75, 3.05) is 18.0 Å². The normalized spacial score (nSPS) is 30.8. The number of pyridine rings is 1. The molecule has 1 aliphatic heterocycles. The van der Waals surface area contributed by atoms with Crippen LogP contribution in [0.3, 0.4) is 0 Å². The van der Waals surface area contributed by atoms with Gasteiger partial charge in [0.2, 0.25) is 0 Å². The number of anilines is 1. The number of nitrogens with zero attached hydrogens (tertiary/aromatic N) is 3. The molecule has 19 heavy (non-hydrogen) atoms. The van der Waals surface area contributed by atoms with Crippen molar-refractivity contribution in [1.82, 2.24) is 9.38 Å². The van der Waals surface area contributed by atoms with E-state index >= 15 is 0 Å². The first kappa shape index (κ1) is 11.3. The van der Waals surface area contributed by atoms with E-state index in [1.807, 2.05) is 6.20 Å². The highest BCUT2D eigenvalue weighted by molar-refractivity contribution is 5.52. The van der Waals surface area contributed by atoms with Crippen LogP contribution < -0.4 is 10.6 Å². The maximum Gasteiger partial charge on any atom is 0.138 e. The molecule has 1 unspecified atom stereocenters. The number of nitrogens with two attached hydrogens (primary N) is 1. The van der Waals surface area contributed by atoms with Gasteiger partial charge in [0.15, 0.2) is 0 Å². The van der Waals surface area contributed by atoms with Crippen LogP contribution in [0.4, 0.5) is 5.82 Å². The van der Waals surface area contributed by atoms with Gasteiger partial charge >= 0.3 is 0 Å². The molecule has 1 saturated carbocycles. The Kier molecular flexibility index (Phi) is 2.52. The molecule has 2 N–H and O–H groups in total. The van der Waals surface area contributed by atoms with Gasteiger partial charge in [-0.3, -0.25) is 4.40 Å². The fourth-order valence-corrected chi connectivity index (χ4v) is 3.85. The van der Waals surface area contributed by atoms with Crippen molar-refractivity contribution in [3.8, 4) is 0 Å². The second kappa shape index (κ2) is 4.23. The smallest absolute Gasteiger partial charge is 0.138 e. The van der Waals surface area contributed by atoms with Crippen molar-refractivity contribution in [3.05, 3.63) is 30.6 Å². The Hall–Kier alpha value is -1.55. The summed E-state index contributed by atoms with van der Waals surface area (Å²) in [6, 6.07) is 6.78. The highest BCUT2D eigenvalue weighted by atomic mass is 15.2. The lowest BCUT2D eigenvalue weighted by Crippen LogP contribution is -2.32. The molecule has 0 bridgehead atoms. The van der Waals surface area contributed by atoms with E-state index in [1.54, 1.807) is 0 Å². The fraction of sp³-hybridized carbons (Fsp3) is 0.533. The van der Waals surface area contributed by atoms with Crippen LogP contribution in [-0.2, 0) is 0 Å². The van der Waals surface area contributed by atoms with Gasteiger partial charge in [0.25, 0.3) is 0 Å². The zero-order valence-electron chi connectivity index (χ0n) is 11.1. The molecule has 3 heterocycles. The maximum absolute atomic E-state index is 6.12. The number of fused-ring (bicyclic) bond motifs is 2. The molecule has 3 atom stereocenters. The number of hydrogen-bond donors (Lipinski definition) is 1. The Bertz CT molecular complexity index is 591. The predicted octanol–water partition coefficient (Wildman–Crippen LogP) is 1.90. The lowest BCUT2D eigenvalue weighted by molar-refractivity contribution is 0.271. The summed E-state index contributed by atoms with van der Waals surface area (Å²) in [7, 11) is 0. The molecular formula is C15H20N4. The standard InChI is InChI=1S/C15H20N4/c16-13-5-4-11-9-18(10-12(11)8-13)15-3-1-2-14-17-6-7-19(14)15/h1-3,6-7,11-13H,4-5,8-10,16H2/t11-,12+,13?/m1/s1. The highest BCUT2D eigenvalue weighted by Crippen LogP contribution is 2.37. The molecule has 2 aliphatic rings. The minimum atomic E-state index is 0.422. The Morgan fingerprint density at radius 3 is 3.00 bits per heavy atom. The molecule has 2 aromatic rings.